The van der Waals surface area contributed by atoms with Crippen molar-refractivity contribution in [3.05, 3.63) is 89.7 Å². The molecule has 0 amide bonds. The molecule has 5 aromatic rings. The van der Waals surface area contributed by atoms with Gasteiger partial charge in [-0.15, -0.1) is 0 Å². The number of aromatic nitrogens is 1. The van der Waals surface area contributed by atoms with E-state index in [2.05, 4.69) is 98.2 Å². The average Bonchev–Trinajstić information content (AvgIpc) is 2.73. The smallest absolute Gasteiger partial charge is 0.219 e. The minimum Gasteiger partial charge on any atom is -0.496 e. The summed E-state index contributed by atoms with van der Waals surface area (Å²) >= 11 is 0. The van der Waals surface area contributed by atoms with Crippen molar-refractivity contribution in [1.82, 2.24) is 0 Å². The Bertz CT molecular complexity index is 1400. The number of hydrogen-bond donors (Lipinski definition) is 0. The Balaban J connectivity index is 1.85. The lowest BCUT2D eigenvalue weighted by Gasteiger charge is -2.11. The second-order valence-electron chi connectivity index (χ2n) is 7.95. The molecule has 142 valence electrons. The van der Waals surface area contributed by atoms with Crippen LogP contribution in [-0.2, 0) is 0 Å². The molecule has 0 fully saturated rings. The van der Waals surface area contributed by atoms with E-state index in [1.807, 2.05) is 0 Å². The highest BCUT2D eigenvalue weighted by molar-refractivity contribution is 6.01. The monoisotopic (exact) mass is 378 g/mol. The lowest BCUT2D eigenvalue weighted by molar-refractivity contribution is -0.509. The number of ether oxygens (including phenoxy) is 1. The largest absolute Gasteiger partial charge is 0.496 e. The van der Waals surface area contributed by atoms with Gasteiger partial charge in [-0.05, 0) is 66.4 Å². The molecule has 2 heterocycles. The van der Waals surface area contributed by atoms with E-state index in [9.17, 15) is 0 Å². The first-order valence-corrected chi connectivity index (χ1v) is 9.97. The molecule has 0 saturated carbocycles. The number of nitrogens with zero attached hydrogens (tertiary/aromatic N) is 1. The van der Waals surface area contributed by atoms with Gasteiger partial charge in [0.2, 0.25) is 5.52 Å². The highest BCUT2D eigenvalue weighted by atomic mass is 16.5. The maximum Gasteiger partial charge on any atom is 0.219 e. The van der Waals surface area contributed by atoms with E-state index >= 15 is 0 Å². The van der Waals surface area contributed by atoms with E-state index in [4.69, 9.17) is 4.74 Å². The number of fused-ring (bicyclic) bond motifs is 4. The van der Waals surface area contributed by atoms with Crippen LogP contribution in [0.15, 0.2) is 73.1 Å². The molecule has 2 nitrogen and oxygen atoms in total. The Kier molecular flexibility index (Phi) is 4.02. The summed E-state index contributed by atoms with van der Waals surface area (Å²) in [5.74, 6) is 0.901. The topological polar surface area (TPSA) is 13.3 Å². The lowest BCUT2D eigenvalue weighted by atomic mass is 9.98. The zero-order chi connectivity index (χ0) is 20.1. The molecule has 2 heteroatoms. The minimum absolute atomic E-state index is 0.901. The second kappa shape index (κ2) is 6.59. The van der Waals surface area contributed by atoms with Crippen LogP contribution in [-0.4, -0.2) is 7.11 Å². The molecule has 5 rings (SSSR count). The number of pyridine rings is 2. The van der Waals surface area contributed by atoms with Crippen LogP contribution >= 0.6 is 0 Å². The Labute approximate surface area is 171 Å². The van der Waals surface area contributed by atoms with E-state index < -0.39 is 0 Å². The number of methoxy groups -OCH3 is 1. The van der Waals surface area contributed by atoms with Gasteiger partial charge in [0.1, 0.15) is 5.75 Å². The molecule has 0 atom stereocenters. The van der Waals surface area contributed by atoms with Crippen molar-refractivity contribution < 1.29 is 9.14 Å². The SMILES string of the molecule is COc1cc2cc[n+]3cc4cc(C)c(C)cc4cc3c2cc1-c1ccc(C)cc1. The Hall–Kier alpha value is -3.39. The van der Waals surface area contributed by atoms with E-state index in [0.717, 1.165) is 11.3 Å². The van der Waals surface area contributed by atoms with E-state index in [1.165, 1.54) is 49.3 Å². The van der Waals surface area contributed by atoms with Gasteiger partial charge in [-0.3, -0.25) is 0 Å². The van der Waals surface area contributed by atoms with Gasteiger partial charge >= 0.3 is 0 Å². The first kappa shape index (κ1) is 17.7. The Morgan fingerprint density at radius 1 is 0.724 bits per heavy atom. The van der Waals surface area contributed by atoms with Gasteiger partial charge in [-0.2, -0.15) is 4.40 Å². The summed E-state index contributed by atoms with van der Waals surface area (Å²) < 4.78 is 7.97. The summed E-state index contributed by atoms with van der Waals surface area (Å²) in [5, 5.41) is 4.94. The van der Waals surface area contributed by atoms with Gasteiger partial charge in [-0.25, -0.2) is 0 Å². The summed E-state index contributed by atoms with van der Waals surface area (Å²) in [6.45, 7) is 6.46. The molecule has 3 aromatic carbocycles. The van der Waals surface area contributed by atoms with Crippen LogP contribution < -0.4 is 9.14 Å². The number of aryl methyl sites for hydroxylation is 3. The van der Waals surface area contributed by atoms with Crippen LogP contribution in [0.1, 0.15) is 16.7 Å². The van der Waals surface area contributed by atoms with Gasteiger partial charge < -0.3 is 4.74 Å². The van der Waals surface area contributed by atoms with Gasteiger partial charge in [0.15, 0.2) is 12.4 Å². The third-order valence-corrected chi connectivity index (χ3v) is 5.97. The van der Waals surface area contributed by atoms with E-state index in [0.29, 0.717) is 0 Å². The quantitative estimate of drug-likeness (QED) is 0.199. The summed E-state index contributed by atoms with van der Waals surface area (Å²) in [6.07, 6.45) is 4.36. The normalized spacial score (nSPS) is 11.4. The van der Waals surface area contributed by atoms with Crippen LogP contribution in [0.4, 0.5) is 0 Å². The lowest BCUT2D eigenvalue weighted by Crippen LogP contribution is -2.20. The van der Waals surface area contributed by atoms with Crippen molar-refractivity contribution in [2.45, 2.75) is 20.8 Å². The molecule has 0 N–H and O–H groups in total. The molecule has 0 spiro atoms. The van der Waals surface area contributed by atoms with E-state index in [1.54, 1.807) is 7.11 Å². The van der Waals surface area contributed by atoms with Gasteiger partial charge in [0.05, 0.1) is 12.5 Å². The van der Waals surface area contributed by atoms with Crippen molar-refractivity contribution in [2.24, 2.45) is 0 Å². The molecule has 0 aliphatic rings. The number of rotatable bonds is 2. The highest BCUT2D eigenvalue weighted by Crippen LogP contribution is 2.35. The molecular formula is C27H24NO+. The van der Waals surface area contributed by atoms with Crippen LogP contribution in [0.25, 0.3) is 38.2 Å². The van der Waals surface area contributed by atoms with Gasteiger partial charge in [-0.1, -0.05) is 35.9 Å². The van der Waals surface area contributed by atoms with Gasteiger partial charge in [0.25, 0.3) is 0 Å². The first-order chi connectivity index (χ1) is 14.0. The third-order valence-electron chi connectivity index (χ3n) is 5.97. The van der Waals surface area contributed by atoms with Crippen molar-refractivity contribution >= 4 is 27.1 Å². The summed E-state index contributed by atoms with van der Waals surface area (Å²) in [7, 11) is 1.74. The third kappa shape index (κ3) is 2.92. The van der Waals surface area contributed by atoms with Crippen molar-refractivity contribution in [3.63, 3.8) is 0 Å². The second-order valence-corrected chi connectivity index (χ2v) is 7.95. The molecule has 0 aliphatic carbocycles. The predicted molar refractivity (Wildman–Crippen MR) is 121 cm³/mol. The fraction of sp³-hybridized carbons (Fsp3) is 0.148. The molecule has 0 radical (unpaired) electrons. The molecule has 0 saturated heterocycles. The van der Waals surface area contributed by atoms with Crippen LogP contribution in [0.3, 0.4) is 0 Å². The fourth-order valence-corrected chi connectivity index (χ4v) is 4.12. The van der Waals surface area contributed by atoms with Gasteiger partial charge in [0, 0.05) is 23.1 Å². The van der Waals surface area contributed by atoms with E-state index in [-0.39, 0.29) is 0 Å². The summed E-state index contributed by atoms with van der Waals surface area (Å²) in [5.41, 5.74) is 7.39. The highest BCUT2D eigenvalue weighted by Gasteiger charge is 2.15. The van der Waals surface area contributed by atoms with Crippen molar-refractivity contribution in [3.8, 4) is 16.9 Å². The van der Waals surface area contributed by atoms with Crippen LogP contribution in [0.2, 0.25) is 0 Å². The summed E-state index contributed by atoms with van der Waals surface area (Å²) in [6, 6.07) is 22.1. The first-order valence-electron chi connectivity index (χ1n) is 9.97. The number of benzene rings is 3. The van der Waals surface area contributed by atoms with Crippen molar-refractivity contribution in [1.29, 1.82) is 0 Å². The zero-order valence-electron chi connectivity index (χ0n) is 17.3. The standard InChI is InChI=1S/C27H24NO/c1-17-5-7-20(8-6-17)25-15-24-21(14-27(25)29-4)9-10-28-16-23-12-19(3)18(2)11-22(23)13-26(24)28/h5-16H,1-4H3/q+1. The maximum atomic E-state index is 5.74. The zero-order valence-corrected chi connectivity index (χ0v) is 17.3. The maximum absolute atomic E-state index is 5.74. The fourth-order valence-electron chi connectivity index (χ4n) is 4.12. The molecule has 0 unspecified atom stereocenters. The molecular weight excluding hydrogens is 354 g/mol. The molecule has 0 aliphatic heterocycles. The molecule has 2 aromatic heterocycles. The Morgan fingerprint density at radius 3 is 2.17 bits per heavy atom. The molecule has 29 heavy (non-hydrogen) atoms. The van der Waals surface area contributed by atoms with Crippen LogP contribution in [0, 0.1) is 20.8 Å². The molecule has 0 bridgehead atoms. The Morgan fingerprint density at radius 2 is 1.45 bits per heavy atom. The predicted octanol–water partition coefficient (Wildman–Crippen LogP) is 6.33. The number of hydrogen-bond acceptors (Lipinski definition) is 1. The van der Waals surface area contributed by atoms with Crippen LogP contribution in [0.5, 0.6) is 5.75 Å². The minimum atomic E-state index is 0.901. The summed E-state index contributed by atoms with van der Waals surface area (Å²) in [4.78, 5) is 0. The average molecular weight is 378 g/mol. The van der Waals surface area contributed by atoms with Crippen molar-refractivity contribution in [2.75, 3.05) is 7.11 Å².